The van der Waals surface area contributed by atoms with E-state index >= 15 is 0 Å². The summed E-state index contributed by atoms with van der Waals surface area (Å²) in [5, 5.41) is 8.61. The average molecular weight is 865 g/mol. The molecule has 1 N–H and O–H groups in total. The number of alkyl halides is 7. The molecule has 2 aromatic rings. The number of esters is 2. The second kappa shape index (κ2) is 54.4. The van der Waals surface area contributed by atoms with Crippen LogP contribution < -0.4 is 9.47 Å². The molecule has 0 bridgehead atoms. The van der Waals surface area contributed by atoms with E-state index in [0.717, 1.165) is 24.3 Å². The minimum Gasteiger partial charge on any atom is -0.477 e. The van der Waals surface area contributed by atoms with Crippen LogP contribution in [-0.4, -0.2) is 64.7 Å². The number of aliphatic hydroxyl groups is 1. The van der Waals surface area contributed by atoms with Crippen molar-refractivity contribution in [3.63, 3.8) is 0 Å². The van der Waals surface area contributed by atoms with Crippen LogP contribution >= 0.6 is 0 Å². The SMILES string of the molecule is C.C.C.C.C.C.FCF.FCOF.FCOF.FCOF.O=C(OCCF)c1ccc(OC(F)=C(F)F)cc1.O=C(OCF)c1ccc(OC(O)=C(F)F)cc1. The number of carbonyl (C=O) groups is 2. The lowest BCUT2D eigenvalue weighted by Gasteiger charge is -2.04. The first kappa shape index (κ1) is 75.9. The van der Waals surface area contributed by atoms with Crippen LogP contribution in [0.25, 0.3) is 0 Å². The number of benzene rings is 2. The summed E-state index contributed by atoms with van der Waals surface area (Å²) in [7, 11) is 0. The van der Waals surface area contributed by atoms with E-state index in [9.17, 15) is 75.9 Å². The molecule has 0 atom stereocenters. The summed E-state index contributed by atoms with van der Waals surface area (Å²) >= 11 is 0. The minimum absolute atomic E-state index is 0. The summed E-state index contributed by atoms with van der Waals surface area (Å²) in [5.41, 5.74) is 0.0973. The molecule has 0 aliphatic rings. The van der Waals surface area contributed by atoms with Crippen molar-refractivity contribution in [2.75, 3.05) is 47.7 Å². The Balaban J connectivity index is -0.0000000644. The lowest BCUT2D eigenvalue weighted by molar-refractivity contribution is -0.167. The smallest absolute Gasteiger partial charge is 0.350 e. The van der Waals surface area contributed by atoms with Gasteiger partial charge in [0.1, 0.15) is 24.8 Å². The van der Waals surface area contributed by atoms with Crippen molar-refractivity contribution in [3.8, 4) is 11.5 Å². The zero-order chi connectivity index (χ0) is 39.3. The van der Waals surface area contributed by atoms with Gasteiger partial charge < -0.3 is 24.1 Å². The van der Waals surface area contributed by atoms with Gasteiger partial charge in [-0.05, 0) is 62.1 Å². The Bertz CT molecular complexity index is 1160. The largest absolute Gasteiger partial charge is 0.477 e. The van der Waals surface area contributed by atoms with Crippen LogP contribution in [0.1, 0.15) is 65.3 Å². The molecule has 2 rings (SSSR count). The maximum atomic E-state index is 12.4. The Hall–Kier alpha value is -4.91. The number of halogens is 15. The van der Waals surface area contributed by atoms with Crippen LogP contribution in [0.5, 0.6) is 11.5 Å². The number of ether oxygens (including phenoxy) is 4. The molecule has 25 heteroatoms. The Morgan fingerprint density at radius 1 is 0.500 bits per heavy atom. The Kier molecular flexibility index (Phi) is 73.8. The van der Waals surface area contributed by atoms with E-state index in [1.807, 2.05) is 0 Å². The molecule has 0 unspecified atom stereocenters. The predicted octanol–water partition coefficient (Wildman–Crippen LogP) is 13.1. The lowest BCUT2D eigenvalue weighted by atomic mass is 10.2. The molecular weight excluding hydrogens is 817 g/mol. The van der Waals surface area contributed by atoms with Gasteiger partial charge in [0.15, 0.2) is 0 Å². The average Bonchev–Trinajstić information content (AvgIpc) is 3.12. The first-order valence-electron chi connectivity index (χ1n) is 11.7. The normalized spacial score (nSPS) is 7.98. The molecule has 10 nitrogen and oxygen atoms in total. The first-order chi connectivity index (χ1) is 23.7. The van der Waals surface area contributed by atoms with Gasteiger partial charge in [-0.3, -0.25) is 0 Å². The van der Waals surface area contributed by atoms with Crippen molar-refractivity contribution in [3.05, 3.63) is 83.8 Å². The van der Waals surface area contributed by atoms with E-state index in [0.29, 0.717) is 0 Å². The van der Waals surface area contributed by atoms with Crippen LogP contribution in [0, 0.1) is 0 Å². The number of rotatable bonds is 12. The topological polar surface area (TPSA) is 119 Å². The molecule has 0 fully saturated rings. The van der Waals surface area contributed by atoms with Crippen molar-refractivity contribution in [1.82, 2.24) is 0 Å². The molecule has 2 aromatic carbocycles. The maximum absolute atomic E-state index is 12.4. The molecule has 0 spiro atoms. The highest BCUT2D eigenvalue weighted by Gasteiger charge is 2.11. The second-order valence-corrected chi connectivity index (χ2v) is 6.47. The number of aliphatic hydroxyl groups excluding tert-OH is 1. The Labute approximate surface area is 314 Å². The lowest BCUT2D eigenvalue weighted by Crippen LogP contribution is -2.07. The molecule has 0 aliphatic heterocycles. The van der Waals surface area contributed by atoms with Gasteiger partial charge in [0.05, 0.1) is 11.1 Å². The fourth-order valence-corrected chi connectivity index (χ4v) is 1.96. The van der Waals surface area contributed by atoms with Gasteiger partial charge in [-0.25, -0.2) is 40.3 Å². The third-order valence-electron chi connectivity index (χ3n) is 3.53. The number of carbonyl (C=O) groups excluding carboxylic acids is 2. The van der Waals surface area contributed by atoms with Crippen molar-refractivity contribution in [2.24, 2.45) is 0 Å². The second-order valence-electron chi connectivity index (χ2n) is 6.47. The molecule has 0 saturated heterocycles. The number of hydrogen-bond donors (Lipinski definition) is 1. The van der Waals surface area contributed by atoms with Gasteiger partial charge in [0.2, 0.25) is 34.4 Å². The number of hydrogen-bond acceptors (Lipinski definition) is 10. The van der Waals surface area contributed by atoms with Crippen LogP contribution in [0.2, 0.25) is 0 Å². The van der Waals surface area contributed by atoms with Crippen LogP contribution in [0.4, 0.5) is 66.3 Å². The molecule has 336 valence electrons. The van der Waals surface area contributed by atoms with Crippen molar-refractivity contribution in [1.29, 1.82) is 0 Å². The van der Waals surface area contributed by atoms with Crippen LogP contribution in [0.3, 0.4) is 0 Å². The fourth-order valence-electron chi connectivity index (χ4n) is 1.96. The van der Waals surface area contributed by atoms with E-state index in [2.05, 4.69) is 33.8 Å². The van der Waals surface area contributed by atoms with Gasteiger partial charge in [-0.15, -0.1) is 0 Å². The molecule has 0 radical (unpaired) electrons. The highest BCUT2D eigenvalue weighted by Crippen LogP contribution is 2.19. The van der Waals surface area contributed by atoms with Crippen LogP contribution in [-0.2, 0) is 24.3 Å². The predicted molar refractivity (Wildman–Crippen MR) is 176 cm³/mol. The van der Waals surface area contributed by atoms with Gasteiger partial charge in [0, 0.05) is 0 Å². The van der Waals surface area contributed by atoms with Gasteiger partial charge >= 0.3 is 36.1 Å². The summed E-state index contributed by atoms with van der Waals surface area (Å²) in [5.74, 6) is -3.50. The van der Waals surface area contributed by atoms with Crippen molar-refractivity contribution >= 4 is 11.9 Å². The third-order valence-corrected chi connectivity index (χ3v) is 3.53. The van der Waals surface area contributed by atoms with E-state index in [4.69, 9.17) is 5.11 Å². The summed E-state index contributed by atoms with van der Waals surface area (Å²) < 4.78 is 179. The minimum atomic E-state index is -2.58. The van der Waals surface area contributed by atoms with Crippen LogP contribution in [0.15, 0.2) is 72.7 Å². The molecule has 0 aliphatic carbocycles. The van der Waals surface area contributed by atoms with Crippen molar-refractivity contribution < 1.29 is 115 Å². The maximum Gasteiger partial charge on any atom is 0.350 e. The van der Waals surface area contributed by atoms with E-state index in [1.54, 1.807) is 0 Å². The third kappa shape index (κ3) is 47.1. The highest BCUT2D eigenvalue weighted by atomic mass is 19.3. The Morgan fingerprint density at radius 2 is 0.804 bits per heavy atom. The van der Waals surface area contributed by atoms with Gasteiger partial charge in [0.25, 0.3) is 0 Å². The first-order valence-corrected chi connectivity index (χ1v) is 11.7. The van der Waals surface area contributed by atoms with E-state index in [-0.39, 0.29) is 73.8 Å². The summed E-state index contributed by atoms with van der Waals surface area (Å²) in [4.78, 5) is 29.3. The zero-order valence-corrected chi connectivity index (χ0v) is 24.4. The highest BCUT2D eigenvalue weighted by molar-refractivity contribution is 5.90. The molecule has 56 heavy (non-hydrogen) atoms. The summed E-state index contributed by atoms with van der Waals surface area (Å²) in [6.45, 7) is -8.23. The monoisotopic (exact) mass is 864 g/mol. The Morgan fingerprint density at radius 3 is 1.05 bits per heavy atom. The fraction of sp³-hybridized carbons (Fsp3) is 0.419. The van der Waals surface area contributed by atoms with Gasteiger partial charge in [-0.1, -0.05) is 44.6 Å². The standard InChI is InChI=1S/C11H8F4O3.C10H7F3O4.3CH2F2O.CH2F2.6CH4/c12-5-6-17-11(16)7-1-3-8(4-2-7)18-10(15)9(13)14;11-5-16-9(14)6-1-3-7(4-2-6)17-10(15)8(12)13;3*2-1-4-3;2-1-3;;;;;;/h1-4H,5-6H2;1-4,15H,5H2;3*1H2;1H2;6*1H4. The van der Waals surface area contributed by atoms with E-state index < -0.39 is 77.1 Å². The van der Waals surface area contributed by atoms with Crippen molar-refractivity contribution in [2.45, 2.75) is 44.6 Å². The molecule has 0 aromatic heterocycles. The molecule has 0 heterocycles. The molecule has 0 saturated carbocycles. The van der Waals surface area contributed by atoms with E-state index in [1.165, 1.54) is 24.3 Å². The molecule has 0 amide bonds. The van der Waals surface area contributed by atoms with Gasteiger partial charge in [-0.2, -0.15) is 36.8 Å². The summed E-state index contributed by atoms with van der Waals surface area (Å²) in [6.07, 6.45) is -4.95. The zero-order valence-electron chi connectivity index (χ0n) is 24.4. The molecular formula is C31H47F15O10. The quantitative estimate of drug-likeness (QED) is 0.125. The summed E-state index contributed by atoms with van der Waals surface area (Å²) in [6, 6.07) is 7.21.